The van der Waals surface area contributed by atoms with E-state index in [0.29, 0.717) is 10.6 Å². The molecule has 98 valence electrons. The Morgan fingerprint density at radius 1 is 1.39 bits per heavy atom. The molecule has 2 N–H and O–H groups in total. The third-order valence-corrected chi connectivity index (χ3v) is 3.57. The van der Waals surface area contributed by atoms with Gasteiger partial charge in [0.1, 0.15) is 6.04 Å². The SMILES string of the molecule is CC(C)C(NC(=O)c1cc(Cl)ccc1I)C(=O)O. The van der Waals surface area contributed by atoms with Crippen LogP contribution in [0.1, 0.15) is 24.2 Å². The van der Waals surface area contributed by atoms with E-state index >= 15 is 0 Å². The number of carboxylic acid groups (broad SMARTS) is 1. The van der Waals surface area contributed by atoms with Gasteiger partial charge in [-0.1, -0.05) is 25.4 Å². The number of amides is 1. The monoisotopic (exact) mass is 381 g/mol. The maximum absolute atomic E-state index is 12.0. The largest absolute Gasteiger partial charge is 0.480 e. The van der Waals surface area contributed by atoms with Crippen LogP contribution in [0.3, 0.4) is 0 Å². The molecule has 1 aromatic rings. The Morgan fingerprint density at radius 2 is 2.00 bits per heavy atom. The first-order chi connectivity index (χ1) is 8.32. The van der Waals surface area contributed by atoms with E-state index in [9.17, 15) is 9.59 Å². The summed E-state index contributed by atoms with van der Waals surface area (Å²) in [5.74, 6) is -1.67. The topological polar surface area (TPSA) is 66.4 Å². The van der Waals surface area contributed by atoms with E-state index in [1.807, 2.05) is 22.6 Å². The molecular weight excluding hydrogens is 368 g/mol. The van der Waals surface area contributed by atoms with E-state index < -0.39 is 17.9 Å². The van der Waals surface area contributed by atoms with Gasteiger partial charge in [0.25, 0.3) is 5.91 Å². The number of rotatable bonds is 4. The van der Waals surface area contributed by atoms with Crippen LogP contribution in [0.2, 0.25) is 5.02 Å². The highest BCUT2D eigenvalue weighted by molar-refractivity contribution is 14.1. The summed E-state index contributed by atoms with van der Waals surface area (Å²) < 4.78 is 0.724. The molecule has 0 aliphatic heterocycles. The molecule has 0 radical (unpaired) electrons. The van der Waals surface area contributed by atoms with Gasteiger partial charge in [0.05, 0.1) is 5.56 Å². The second-order valence-electron chi connectivity index (χ2n) is 4.16. The third kappa shape index (κ3) is 3.84. The molecule has 18 heavy (non-hydrogen) atoms. The minimum absolute atomic E-state index is 0.191. The van der Waals surface area contributed by atoms with Crippen LogP contribution in [0.15, 0.2) is 18.2 Å². The van der Waals surface area contributed by atoms with Gasteiger partial charge in [-0.25, -0.2) is 4.79 Å². The fourth-order valence-corrected chi connectivity index (χ4v) is 2.16. The highest BCUT2D eigenvalue weighted by Gasteiger charge is 2.24. The Labute approximate surface area is 124 Å². The van der Waals surface area contributed by atoms with Crippen LogP contribution in [0.25, 0.3) is 0 Å². The Kier molecular flexibility index (Phi) is 5.40. The fraction of sp³-hybridized carbons (Fsp3) is 0.333. The number of nitrogens with one attached hydrogen (secondary N) is 1. The minimum atomic E-state index is -1.05. The zero-order chi connectivity index (χ0) is 13.9. The van der Waals surface area contributed by atoms with Crippen LogP contribution in [-0.2, 0) is 4.79 Å². The molecule has 0 saturated heterocycles. The fourth-order valence-electron chi connectivity index (χ4n) is 1.40. The summed E-state index contributed by atoms with van der Waals surface area (Å²) in [4.78, 5) is 23.0. The molecule has 0 aromatic heterocycles. The zero-order valence-electron chi connectivity index (χ0n) is 9.91. The Morgan fingerprint density at radius 3 is 2.50 bits per heavy atom. The lowest BCUT2D eigenvalue weighted by atomic mass is 10.0. The Bertz CT molecular complexity index is 476. The lowest BCUT2D eigenvalue weighted by molar-refractivity contribution is -0.140. The molecule has 1 atom stereocenters. The van der Waals surface area contributed by atoms with Gasteiger partial charge in [-0.15, -0.1) is 0 Å². The number of benzene rings is 1. The second kappa shape index (κ2) is 6.38. The van der Waals surface area contributed by atoms with Gasteiger partial charge in [0.15, 0.2) is 0 Å². The van der Waals surface area contributed by atoms with Gasteiger partial charge in [0.2, 0.25) is 0 Å². The van der Waals surface area contributed by atoms with Crippen molar-refractivity contribution in [2.45, 2.75) is 19.9 Å². The summed E-state index contributed by atoms with van der Waals surface area (Å²) in [6.45, 7) is 3.48. The Balaban J connectivity index is 2.94. The van der Waals surface area contributed by atoms with E-state index in [1.165, 1.54) is 6.07 Å². The quantitative estimate of drug-likeness (QED) is 0.788. The lowest BCUT2D eigenvalue weighted by Crippen LogP contribution is -2.44. The number of aliphatic carboxylic acids is 1. The van der Waals surface area contributed by atoms with Crippen LogP contribution in [0, 0.1) is 9.49 Å². The first-order valence-electron chi connectivity index (χ1n) is 5.31. The summed E-state index contributed by atoms with van der Waals surface area (Å²) >= 11 is 7.83. The number of carbonyl (C=O) groups is 2. The van der Waals surface area contributed by atoms with Crippen LogP contribution >= 0.6 is 34.2 Å². The molecule has 1 rings (SSSR count). The van der Waals surface area contributed by atoms with E-state index in [1.54, 1.807) is 26.0 Å². The summed E-state index contributed by atoms with van der Waals surface area (Å²) in [5, 5.41) is 12.0. The number of halogens is 2. The number of hydrogen-bond donors (Lipinski definition) is 2. The molecule has 0 heterocycles. The molecule has 1 unspecified atom stereocenters. The van der Waals surface area contributed by atoms with E-state index in [4.69, 9.17) is 16.7 Å². The predicted octanol–water partition coefficient (Wildman–Crippen LogP) is 2.78. The predicted molar refractivity (Wildman–Crippen MR) is 77.9 cm³/mol. The number of carboxylic acids is 1. The molecule has 6 heteroatoms. The molecule has 0 aliphatic rings. The summed E-state index contributed by atoms with van der Waals surface area (Å²) in [6.07, 6.45) is 0. The number of carbonyl (C=O) groups excluding carboxylic acids is 1. The van der Waals surface area contributed by atoms with Crippen molar-refractivity contribution in [2.75, 3.05) is 0 Å². The zero-order valence-corrected chi connectivity index (χ0v) is 12.8. The van der Waals surface area contributed by atoms with Crippen molar-refractivity contribution in [1.29, 1.82) is 0 Å². The van der Waals surface area contributed by atoms with Crippen molar-refractivity contribution in [3.05, 3.63) is 32.4 Å². The maximum Gasteiger partial charge on any atom is 0.326 e. The van der Waals surface area contributed by atoms with Gasteiger partial charge in [-0.3, -0.25) is 4.79 Å². The van der Waals surface area contributed by atoms with Crippen molar-refractivity contribution in [1.82, 2.24) is 5.32 Å². The van der Waals surface area contributed by atoms with Crippen molar-refractivity contribution in [3.8, 4) is 0 Å². The molecule has 0 aliphatic carbocycles. The molecule has 0 spiro atoms. The average molecular weight is 382 g/mol. The Hall–Kier alpha value is -0.820. The van der Waals surface area contributed by atoms with Gasteiger partial charge in [-0.05, 0) is 46.7 Å². The lowest BCUT2D eigenvalue weighted by Gasteiger charge is -2.18. The van der Waals surface area contributed by atoms with Gasteiger partial charge in [0, 0.05) is 8.59 Å². The maximum atomic E-state index is 12.0. The molecule has 4 nitrogen and oxygen atoms in total. The van der Waals surface area contributed by atoms with Crippen molar-refractivity contribution < 1.29 is 14.7 Å². The summed E-state index contributed by atoms with van der Waals surface area (Å²) in [7, 11) is 0. The molecule has 0 saturated carbocycles. The van der Waals surface area contributed by atoms with Crippen molar-refractivity contribution >= 4 is 46.1 Å². The molecular formula is C12H13ClINO3. The van der Waals surface area contributed by atoms with Gasteiger partial charge < -0.3 is 10.4 Å². The molecule has 1 aromatic carbocycles. The average Bonchev–Trinajstić information content (AvgIpc) is 2.28. The standard InChI is InChI=1S/C12H13ClINO3/c1-6(2)10(12(17)18)15-11(16)8-5-7(13)3-4-9(8)14/h3-6,10H,1-2H3,(H,15,16)(H,17,18). The van der Waals surface area contributed by atoms with E-state index in [-0.39, 0.29) is 5.92 Å². The first-order valence-corrected chi connectivity index (χ1v) is 6.77. The van der Waals surface area contributed by atoms with E-state index in [2.05, 4.69) is 5.32 Å². The molecule has 0 bridgehead atoms. The van der Waals surface area contributed by atoms with E-state index in [0.717, 1.165) is 3.57 Å². The highest BCUT2D eigenvalue weighted by atomic mass is 127. The van der Waals surface area contributed by atoms with Crippen LogP contribution < -0.4 is 5.32 Å². The highest BCUT2D eigenvalue weighted by Crippen LogP contribution is 2.18. The summed E-state index contributed by atoms with van der Waals surface area (Å²) in [6, 6.07) is 4.00. The second-order valence-corrected chi connectivity index (χ2v) is 5.76. The van der Waals surface area contributed by atoms with Crippen LogP contribution in [0.5, 0.6) is 0 Å². The smallest absolute Gasteiger partial charge is 0.326 e. The van der Waals surface area contributed by atoms with Crippen LogP contribution in [0.4, 0.5) is 0 Å². The normalized spacial score (nSPS) is 12.3. The van der Waals surface area contributed by atoms with Crippen molar-refractivity contribution in [3.63, 3.8) is 0 Å². The summed E-state index contributed by atoms with van der Waals surface area (Å²) in [5.41, 5.74) is 0.384. The molecule has 1 amide bonds. The van der Waals surface area contributed by atoms with Gasteiger partial charge in [-0.2, -0.15) is 0 Å². The minimum Gasteiger partial charge on any atom is -0.480 e. The van der Waals surface area contributed by atoms with Gasteiger partial charge >= 0.3 is 5.97 Å². The first kappa shape index (κ1) is 15.2. The number of hydrogen-bond acceptors (Lipinski definition) is 2. The van der Waals surface area contributed by atoms with Crippen molar-refractivity contribution in [2.24, 2.45) is 5.92 Å². The van der Waals surface area contributed by atoms with Crippen LogP contribution in [-0.4, -0.2) is 23.0 Å². The molecule has 0 fully saturated rings. The third-order valence-electron chi connectivity index (χ3n) is 2.39.